The van der Waals surface area contributed by atoms with Crippen LogP contribution in [-0.4, -0.2) is 19.0 Å². The summed E-state index contributed by atoms with van der Waals surface area (Å²) in [7, 11) is -3.80. The van der Waals surface area contributed by atoms with E-state index in [1.807, 2.05) is 0 Å². The molecular weight excluding hydrogens is 118 g/mol. The maximum absolute atomic E-state index is 9.80. The molecule has 0 aliphatic heterocycles. The first-order valence-corrected chi connectivity index (χ1v) is 3.08. The van der Waals surface area contributed by atoms with Gasteiger partial charge in [0, 0.05) is 0 Å². The first-order chi connectivity index (χ1) is 2.94. The van der Waals surface area contributed by atoms with Crippen LogP contribution in [0.1, 0.15) is 0 Å². The van der Waals surface area contributed by atoms with Gasteiger partial charge in [-0.05, 0) is 6.92 Å². The van der Waals surface area contributed by atoms with E-state index in [0.29, 0.717) is 0 Å². The molecule has 0 amide bonds. The van der Waals surface area contributed by atoms with Crippen LogP contribution in [0.4, 0.5) is 0 Å². The predicted octanol–water partition coefficient (Wildman–Crippen LogP) is -1.57. The SMILES string of the molecule is [CH2]C(O)S(N)(=O)=O. The average Bonchev–Trinajstić information content (AvgIpc) is 1.31. The summed E-state index contributed by atoms with van der Waals surface area (Å²) in [6.07, 6.45) is 0. The van der Waals surface area contributed by atoms with Crippen molar-refractivity contribution in [2.24, 2.45) is 5.14 Å². The van der Waals surface area contributed by atoms with Gasteiger partial charge in [0.2, 0.25) is 10.0 Å². The van der Waals surface area contributed by atoms with Gasteiger partial charge in [0.25, 0.3) is 0 Å². The van der Waals surface area contributed by atoms with E-state index in [2.05, 4.69) is 12.1 Å². The Morgan fingerprint density at radius 3 is 1.86 bits per heavy atom. The van der Waals surface area contributed by atoms with Crippen LogP contribution in [0.25, 0.3) is 0 Å². The van der Waals surface area contributed by atoms with Crippen molar-refractivity contribution in [2.45, 2.75) is 5.44 Å². The smallest absolute Gasteiger partial charge is 0.235 e. The normalized spacial score (nSPS) is 16.4. The highest BCUT2D eigenvalue weighted by Crippen LogP contribution is 1.83. The molecule has 7 heavy (non-hydrogen) atoms. The third-order valence-corrected chi connectivity index (χ3v) is 1.14. The van der Waals surface area contributed by atoms with Crippen molar-refractivity contribution < 1.29 is 13.5 Å². The van der Waals surface area contributed by atoms with E-state index in [4.69, 9.17) is 5.11 Å². The molecule has 0 heterocycles. The van der Waals surface area contributed by atoms with Crippen LogP contribution in [0.2, 0.25) is 0 Å². The fourth-order valence-corrected chi connectivity index (χ4v) is 0. The molecule has 0 spiro atoms. The molecule has 0 rings (SSSR count). The van der Waals surface area contributed by atoms with Gasteiger partial charge in [-0.1, -0.05) is 0 Å². The first-order valence-electron chi connectivity index (χ1n) is 1.47. The molecule has 0 saturated carbocycles. The van der Waals surface area contributed by atoms with Crippen LogP contribution < -0.4 is 5.14 Å². The highest BCUT2D eigenvalue weighted by molar-refractivity contribution is 7.89. The van der Waals surface area contributed by atoms with Gasteiger partial charge < -0.3 is 5.11 Å². The topological polar surface area (TPSA) is 80.4 Å². The molecule has 0 bridgehead atoms. The summed E-state index contributed by atoms with van der Waals surface area (Å²) in [5.74, 6) is 0. The van der Waals surface area contributed by atoms with Gasteiger partial charge in [-0.2, -0.15) is 0 Å². The molecule has 0 fully saturated rings. The lowest BCUT2D eigenvalue weighted by molar-refractivity contribution is 0.292. The third kappa shape index (κ3) is 2.55. The first kappa shape index (κ1) is 6.87. The predicted molar refractivity (Wildman–Crippen MR) is 24.5 cm³/mol. The van der Waals surface area contributed by atoms with Crippen molar-refractivity contribution in [1.82, 2.24) is 0 Å². The summed E-state index contributed by atoms with van der Waals surface area (Å²) >= 11 is 0. The Balaban J connectivity index is 4.10. The molecule has 4 nitrogen and oxygen atoms in total. The summed E-state index contributed by atoms with van der Waals surface area (Å²) < 4.78 is 19.6. The van der Waals surface area contributed by atoms with Crippen molar-refractivity contribution in [3.63, 3.8) is 0 Å². The van der Waals surface area contributed by atoms with Crippen molar-refractivity contribution >= 4 is 10.0 Å². The fourth-order valence-electron chi connectivity index (χ4n) is 0. The van der Waals surface area contributed by atoms with E-state index in [1.54, 1.807) is 0 Å². The number of sulfonamides is 1. The van der Waals surface area contributed by atoms with Gasteiger partial charge in [0.15, 0.2) is 5.44 Å². The Bertz CT molecular complexity index is 135. The third-order valence-electron chi connectivity index (χ3n) is 0.379. The minimum absolute atomic E-state index is 1.70. The van der Waals surface area contributed by atoms with Gasteiger partial charge in [-0.25, -0.2) is 13.6 Å². The van der Waals surface area contributed by atoms with E-state index < -0.39 is 15.5 Å². The molecule has 0 aromatic carbocycles. The van der Waals surface area contributed by atoms with E-state index in [-0.39, 0.29) is 0 Å². The van der Waals surface area contributed by atoms with Crippen LogP contribution in [-0.2, 0) is 10.0 Å². The number of aliphatic hydroxyl groups is 1. The number of hydrogen-bond donors (Lipinski definition) is 2. The zero-order chi connectivity index (χ0) is 6.08. The number of hydrogen-bond acceptors (Lipinski definition) is 3. The average molecular weight is 124 g/mol. The van der Waals surface area contributed by atoms with E-state index >= 15 is 0 Å². The lowest BCUT2D eigenvalue weighted by atomic mass is 10.9. The molecule has 0 aromatic heterocycles. The van der Waals surface area contributed by atoms with Gasteiger partial charge in [0.1, 0.15) is 0 Å². The molecular formula is C2H6NO3S. The zero-order valence-electron chi connectivity index (χ0n) is 3.53. The molecule has 43 valence electrons. The van der Waals surface area contributed by atoms with Crippen molar-refractivity contribution in [3.05, 3.63) is 6.92 Å². The lowest BCUT2D eigenvalue weighted by Gasteiger charge is -1.95. The number of primary sulfonamides is 1. The molecule has 1 radical (unpaired) electrons. The maximum atomic E-state index is 9.80. The molecule has 3 N–H and O–H groups in total. The van der Waals surface area contributed by atoms with Crippen LogP contribution in [0.15, 0.2) is 0 Å². The van der Waals surface area contributed by atoms with Crippen LogP contribution in [0.3, 0.4) is 0 Å². The fraction of sp³-hybridized carbons (Fsp3) is 0.500. The van der Waals surface area contributed by atoms with E-state index in [1.165, 1.54) is 0 Å². The Morgan fingerprint density at radius 2 is 1.86 bits per heavy atom. The molecule has 1 atom stereocenters. The quantitative estimate of drug-likeness (QED) is 0.443. The largest absolute Gasteiger partial charge is 0.376 e. The summed E-state index contributed by atoms with van der Waals surface area (Å²) in [6.45, 7) is 2.75. The molecule has 1 unspecified atom stereocenters. The van der Waals surface area contributed by atoms with E-state index in [0.717, 1.165) is 0 Å². The Morgan fingerprint density at radius 1 is 1.71 bits per heavy atom. The molecule has 5 heteroatoms. The highest BCUT2D eigenvalue weighted by atomic mass is 32.2. The maximum Gasteiger partial charge on any atom is 0.235 e. The summed E-state index contributed by atoms with van der Waals surface area (Å²) in [4.78, 5) is 0. The Labute approximate surface area is 42.0 Å². The molecule has 0 aromatic rings. The van der Waals surface area contributed by atoms with Gasteiger partial charge in [0.05, 0.1) is 0 Å². The summed E-state index contributed by atoms with van der Waals surface area (Å²) in [6, 6.07) is 0. The van der Waals surface area contributed by atoms with Crippen LogP contribution in [0, 0.1) is 6.92 Å². The summed E-state index contributed by atoms with van der Waals surface area (Å²) in [5, 5.41) is 12.4. The van der Waals surface area contributed by atoms with Crippen molar-refractivity contribution in [2.75, 3.05) is 0 Å². The Hall–Kier alpha value is -0.130. The van der Waals surface area contributed by atoms with Crippen molar-refractivity contribution in [3.8, 4) is 0 Å². The number of aliphatic hydroxyl groups excluding tert-OH is 1. The molecule has 0 saturated heterocycles. The van der Waals surface area contributed by atoms with Gasteiger partial charge in [-0.3, -0.25) is 0 Å². The standard InChI is InChI=1S/C2H6NO3S/c1-2(4)7(3,5)6/h2,4H,1H2,(H2,3,5,6). The van der Waals surface area contributed by atoms with E-state index in [9.17, 15) is 8.42 Å². The number of nitrogens with two attached hydrogens (primary N) is 1. The van der Waals surface area contributed by atoms with Crippen LogP contribution in [0.5, 0.6) is 0 Å². The van der Waals surface area contributed by atoms with Gasteiger partial charge >= 0.3 is 0 Å². The second kappa shape index (κ2) is 1.77. The van der Waals surface area contributed by atoms with Gasteiger partial charge in [-0.15, -0.1) is 0 Å². The molecule has 0 aliphatic carbocycles. The second-order valence-corrected chi connectivity index (χ2v) is 2.77. The van der Waals surface area contributed by atoms with Crippen LogP contribution >= 0.6 is 0 Å². The van der Waals surface area contributed by atoms with Crippen molar-refractivity contribution in [1.29, 1.82) is 0 Å². The highest BCUT2D eigenvalue weighted by Gasteiger charge is 2.08. The number of rotatable bonds is 1. The minimum atomic E-state index is -3.80. The molecule has 0 aliphatic rings. The second-order valence-electron chi connectivity index (χ2n) is 1.04. The zero-order valence-corrected chi connectivity index (χ0v) is 4.35. The lowest BCUT2D eigenvalue weighted by Crippen LogP contribution is -2.25. The minimum Gasteiger partial charge on any atom is -0.376 e. The monoisotopic (exact) mass is 124 g/mol. The summed E-state index contributed by atoms with van der Waals surface area (Å²) in [5.41, 5.74) is -1.70. The Kier molecular flexibility index (Phi) is 1.74.